The second-order valence-electron chi connectivity index (χ2n) is 2.91. The van der Waals surface area contributed by atoms with E-state index >= 15 is 0 Å². The van der Waals surface area contributed by atoms with Gasteiger partial charge in [0.05, 0.1) is 0 Å². The molecule has 0 aliphatic heterocycles. The molecule has 0 radical (unpaired) electrons. The summed E-state index contributed by atoms with van der Waals surface area (Å²) in [6.45, 7) is 2.07. The van der Waals surface area contributed by atoms with Crippen LogP contribution in [0.4, 0.5) is 10.4 Å². The van der Waals surface area contributed by atoms with Crippen molar-refractivity contribution in [3.8, 4) is 0 Å². The van der Waals surface area contributed by atoms with Crippen LogP contribution in [0.15, 0.2) is 24.3 Å². The van der Waals surface area contributed by atoms with Gasteiger partial charge in [-0.15, -0.1) is 0 Å². The zero-order chi connectivity index (χ0) is 9.97. The van der Waals surface area contributed by atoms with Crippen molar-refractivity contribution in [3.63, 3.8) is 0 Å². The molecule has 0 spiro atoms. The third-order valence-electron chi connectivity index (χ3n) is 1.74. The average Bonchev–Trinajstić information content (AvgIpc) is 2.56. The molecule has 0 amide bonds. The summed E-state index contributed by atoms with van der Waals surface area (Å²) in [5.74, 6) is 0. The minimum absolute atomic E-state index is 0.153. The maximum atomic E-state index is 5.00. The van der Waals surface area contributed by atoms with Crippen LogP contribution >= 0.6 is 12.2 Å². The molecule has 0 atom stereocenters. The van der Waals surface area contributed by atoms with Crippen LogP contribution in [-0.2, 0) is 0 Å². The van der Waals surface area contributed by atoms with Crippen molar-refractivity contribution in [1.29, 1.82) is 0 Å². The Kier molecular flexibility index (Phi) is 2.82. The van der Waals surface area contributed by atoms with E-state index in [-0.39, 0.29) is 14.5 Å². The standard InChI is InChI=1S/C9H9N3SSe/c1-6-2-4-7(5-3-6)10-8-11-12-9(13)14-8/h2-5H,1H3,(H,10,11)(H,12,13). The second kappa shape index (κ2) is 4.09. The molecule has 1 aromatic carbocycles. The average molecular weight is 270 g/mol. The Morgan fingerprint density at radius 2 is 2.07 bits per heavy atom. The van der Waals surface area contributed by atoms with Crippen molar-refractivity contribution in [3.05, 3.63) is 33.3 Å². The van der Waals surface area contributed by atoms with Gasteiger partial charge in [0, 0.05) is 0 Å². The quantitative estimate of drug-likeness (QED) is 0.649. The topological polar surface area (TPSA) is 40.7 Å². The molecule has 14 heavy (non-hydrogen) atoms. The summed E-state index contributed by atoms with van der Waals surface area (Å²) in [7, 11) is 0. The molecule has 72 valence electrons. The van der Waals surface area contributed by atoms with Crippen LogP contribution in [0, 0.1) is 10.4 Å². The molecule has 0 unspecified atom stereocenters. The van der Waals surface area contributed by atoms with Gasteiger partial charge in [-0.3, -0.25) is 0 Å². The van der Waals surface area contributed by atoms with E-state index in [1.807, 2.05) is 12.1 Å². The number of H-pyrrole nitrogens is 1. The number of aromatic nitrogens is 2. The monoisotopic (exact) mass is 271 g/mol. The summed E-state index contributed by atoms with van der Waals surface area (Å²) < 4.78 is 1.76. The SMILES string of the molecule is Cc1ccc(Nc2n[nH]c(=S)[se]2)cc1. The summed E-state index contributed by atoms with van der Waals surface area (Å²) in [6.07, 6.45) is 0. The first-order valence-corrected chi connectivity index (χ1v) is 6.25. The first-order valence-electron chi connectivity index (χ1n) is 4.13. The fourth-order valence-corrected chi connectivity index (χ4v) is 2.61. The van der Waals surface area contributed by atoms with Crippen molar-refractivity contribution in [2.75, 3.05) is 5.32 Å². The number of aromatic amines is 1. The summed E-state index contributed by atoms with van der Waals surface area (Å²) in [4.78, 5) is 0. The van der Waals surface area contributed by atoms with Crippen molar-refractivity contribution in [2.24, 2.45) is 0 Å². The van der Waals surface area contributed by atoms with Crippen LogP contribution in [0.25, 0.3) is 0 Å². The molecule has 1 aromatic heterocycles. The summed E-state index contributed by atoms with van der Waals surface area (Å²) >= 11 is 5.15. The number of nitrogens with zero attached hydrogens (tertiary/aromatic N) is 1. The molecule has 0 bridgehead atoms. The Morgan fingerprint density at radius 1 is 1.36 bits per heavy atom. The molecule has 5 heteroatoms. The Balaban J connectivity index is 2.19. The Morgan fingerprint density at radius 3 is 2.64 bits per heavy atom. The van der Waals surface area contributed by atoms with Crippen LogP contribution in [0.3, 0.4) is 0 Å². The molecular formula is C9H9N3SSe. The van der Waals surface area contributed by atoms with Gasteiger partial charge in [0.25, 0.3) is 0 Å². The van der Waals surface area contributed by atoms with E-state index in [1.54, 1.807) is 0 Å². The molecular weight excluding hydrogens is 261 g/mol. The number of nitrogens with one attached hydrogen (secondary N) is 2. The van der Waals surface area contributed by atoms with Crippen LogP contribution in [-0.4, -0.2) is 24.7 Å². The van der Waals surface area contributed by atoms with E-state index in [9.17, 15) is 0 Å². The van der Waals surface area contributed by atoms with E-state index in [0.717, 1.165) is 13.9 Å². The van der Waals surface area contributed by atoms with Crippen molar-refractivity contribution in [1.82, 2.24) is 10.2 Å². The van der Waals surface area contributed by atoms with E-state index in [2.05, 4.69) is 34.6 Å². The Labute approximate surface area is 92.9 Å². The fraction of sp³-hybridized carbons (Fsp3) is 0.111. The normalized spacial score (nSPS) is 10.1. The van der Waals surface area contributed by atoms with Gasteiger partial charge in [-0.25, -0.2) is 0 Å². The first-order chi connectivity index (χ1) is 6.74. The maximum absolute atomic E-state index is 5.00. The molecule has 0 aliphatic rings. The van der Waals surface area contributed by atoms with Gasteiger partial charge in [0.15, 0.2) is 0 Å². The molecule has 0 saturated heterocycles. The molecule has 2 rings (SSSR count). The summed E-state index contributed by atoms with van der Waals surface area (Å²) in [5, 5.41) is 10.1. The number of anilines is 2. The number of rotatable bonds is 2. The molecule has 2 N–H and O–H groups in total. The number of hydrogen-bond donors (Lipinski definition) is 2. The Bertz CT molecular complexity index is 471. The molecule has 0 aliphatic carbocycles. The molecule has 2 aromatic rings. The van der Waals surface area contributed by atoms with E-state index < -0.39 is 0 Å². The first kappa shape index (κ1) is 9.65. The van der Waals surface area contributed by atoms with E-state index in [4.69, 9.17) is 12.2 Å². The fourth-order valence-electron chi connectivity index (χ4n) is 1.04. The number of hydrogen-bond acceptors (Lipinski definition) is 3. The van der Waals surface area contributed by atoms with Gasteiger partial charge >= 0.3 is 92.9 Å². The second-order valence-corrected chi connectivity index (χ2v) is 6.00. The van der Waals surface area contributed by atoms with Crippen molar-refractivity contribution < 1.29 is 0 Å². The Hall–Kier alpha value is -0.901. The van der Waals surface area contributed by atoms with Crippen molar-refractivity contribution >= 4 is 37.1 Å². The summed E-state index contributed by atoms with van der Waals surface area (Å²) in [5.41, 5.74) is 2.31. The molecule has 3 nitrogen and oxygen atoms in total. The van der Waals surface area contributed by atoms with Crippen LogP contribution in [0.1, 0.15) is 5.56 Å². The van der Waals surface area contributed by atoms with Gasteiger partial charge in [-0.2, -0.15) is 0 Å². The van der Waals surface area contributed by atoms with Gasteiger partial charge < -0.3 is 0 Å². The molecule has 0 saturated carbocycles. The summed E-state index contributed by atoms with van der Waals surface area (Å²) in [6, 6.07) is 8.21. The third-order valence-corrected chi connectivity index (χ3v) is 3.66. The number of benzene rings is 1. The zero-order valence-electron chi connectivity index (χ0n) is 7.57. The number of aryl methyl sites for hydroxylation is 1. The van der Waals surface area contributed by atoms with E-state index in [1.165, 1.54) is 5.56 Å². The molecule has 1 heterocycles. The predicted molar refractivity (Wildman–Crippen MR) is 60.8 cm³/mol. The van der Waals surface area contributed by atoms with Crippen LogP contribution < -0.4 is 5.32 Å². The van der Waals surface area contributed by atoms with Crippen molar-refractivity contribution in [2.45, 2.75) is 6.92 Å². The van der Waals surface area contributed by atoms with Gasteiger partial charge in [0.1, 0.15) is 0 Å². The van der Waals surface area contributed by atoms with Gasteiger partial charge in [-0.05, 0) is 0 Å². The molecule has 0 fully saturated rings. The van der Waals surface area contributed by atoms with Crippen LogP contribution in [0.2, 0.25) is 0 Å². The van der Waals surface area contributed by atoms with Gasteiger partial charge in [-0.1, -0.05) is 0 Å². The third kappa shape index (κ3) is 2.32. The zero-order valence-corrected chi connectivity index (χ0v) is 10.1. The van der Waals surface area contributed by atoms with E-state index in [0.29, 0.717) is 0 Å². The van der Waals surface area contributed by atoms with Gasteiger partial charge in [0.2, 0.25) is 0 Å². The predicted octanol–water partition coefficient (Wildman–Crippen LogP) is 2.25. The van der Waals surface area contributed by atoms with Crippen LogP contribution in [0.5, 0.6) is 0 Å². The minimum atomic E-state index is 0.153.